The first-order valence-corrected chi connectivity index (χ1v) is 5.61. The van der Waals surface area contributed by atoms with E-state index in [-0.39, 0.29) is 0 Å². The fourth-order valence-electron chi connectivity index (χ4n) is 1.26. The molecule has 1 aromatic rings. The second-order valence-corrected chi connectivity index (χ2v) is 4.75. The predicted octanol–water partition coefficient (Wildman–Crippen LogP) is 1.91. The highest BCUT2D eigenvalue weighted by molar-refractivity contribution is 7.19. The van der Waals surface area contributed by atoms with Gasteiger partial charge in [0.1, 0.15) is 4.34 Å². The molecule has 0 amide bonds. The predicted molar refractivity (Wildman–Crippen MR) is 56.7 cm³/mol. The lowest BCUT2D eigenvalue weighted by molar-refractivity contribution is 0.189. The highest BCUT2D eigenvalue weighted by Crippen LogP contribution is 2.22. The fraction of sp³-hybridized carbons (Fsp3) is 0.625. The van der Waals surface area contributed by atoms with Crippen LogP contribution >= 0.6 is 22.9 Å². The standard InChI is InChI=1S/C8H12ClN3S/c9-7-6-11-8(13-7)10-2-5-12-3-1-4-12/h6H,1-5H2,(H,10,11). The minimum Gasteiger partial charge on any atom is -0.360 e. The molecule has 2 rings (SSSR count). The zero-order chi connectivity index (χ0) is 9.10. The van der Waals surface area contributed by atoms with Crippen LogP contribution in [-0.2, 0) is 0 Å². The third-order valence-electron chi connectivity index (χ3n) is 2.13. The number of nitrogens with one attached hydrogen (secondary N) is 1. The smallest absolute Gasteiger partial charge is 0.184 e. The van der Waals surface area contributed by atoms with Crippen molar-refractivity contribution in [2.24, 2.45) is 0 Å². The van der Waals surface area contributed by atoms with E-state index in [4.69, 9.17) is 11.6 Å². The van der Waals surface area contributed by atoms with Crippen molar-refractivity contribution in [1.29, 1.82) is 0 Å². The van der Waals surface area contributed by atoms with Gasteiger partial charge >= 0.3 is 0 Å². The number of anilines is 1. The SMILES string of the molecule is Clc1cnc(NCCN2CCC2)s1. The van der Waals surface area contributed by atoms with Gasteiger partial charge in [-0.2, -0.15) is 0 Å². The maximum atomic E-state index is 5.75. The Balaban J connectivity index is 1.67. The highest BCUT2D eigenvalue weighted by Gasteiger charge is 2.12. The molecule has 0 atom stereocenters. The third kappa shape index (κ3) is 2.56. The lowest BCUT2D eigenvalue weighted by Crippen LogP contribution is -2.40. The summed E-state index contributed by atoms with van der Waals surface area (Å²) in [4.78, 5) is 6.53. The fourth-order valence-corrected chi connectivity index (χ4v) is 2.10. The van der Waals surface area contributed by atoms with Crippen LogP contribution in [0.3, 0.4) is 0 Å². The summed E-state index contributed by atoms with van der Waals surface area (Å²) in [6.07, 6.45) is 3.03. The average Bonchev–Trinajstić information content (AvgIpc) is 2.42. The van der Waals surface area contributed by atoms with Crippen LogP contribution < -0.4 is 5.32 Å². The van der Waals surface area contributed by atoms with Crippen molar-refractivity contribution in [2.75, 3.05) is 31.5 Å². The third-order valence-corrected chi connectivity index (χ3v) is 3.20. The van der Waals surface area contributed by atoms with E-state index in [2.05, 4.69) is 15.2 Å². The van der Waals surface area contributed by atoms with Gasteiger partial charge in [-0.15, -0.1) is 0 Å². The van der Waals surface area contributed by atoms with E-state index in [0.717, 1.165) is 22.6 Å². The molecule has 1 fully saturated rings. The molecule has 0 aromatic carbocycles. The van der Waals surface area contributed by atoms with Crippen molar-refractivity contribution in [3.8, 4) is 0 Å². The second-order valence-electron chi connectivity index (χ2n) is 3.09. The number of hydrogen-bond donors (Lipinski definition) is 1. The Hall–Kier alpha value is -0.320. The van der Waals surface area contributed by atoms with E-state index in [9.17, 15) is 0 Å². The molecule has 0 radical (unpaired) electrons. The molecule has 1 N–H and O–H groups in total. The molecule has 5 heteroatoms. The molecule has 13 heavy (non-hydrogen) atoms. The lowest BCUT2D eigenvalue weighted by atomic mass is 10.2. The van der Waals surface area contributed by atoms with Crippen molar-refractivity contribution in [3.63, 3.8) is 0 Å². The van der Waals surface area contributed by atoms with Gasteiger partial charge < -0.3 is 10.2 Å². The Bertz CT molecular complexity index is 272. The number of rotatable bonds is 4. The van der Waals surface area contributed by atoms with E-state index < -0.39 is 0 Å². The Morgan fingerprint density at radius 1 is 1.62 bits per heavy atom. The van der Waals surface area contributed by atoms with Crippen LogP contribution in [0.1, 0.15) is 6.42 Å². The highest BCUT2D eigenvalue weighted by atomic mass is 35.5. The van der Waals surface area contributed by atoms with E-state index in [1.54, 1.807) is 6.20 Å². The van der Waals surface area contributed by atoms with Crippen molar-refractivity contribution >= 4 is 28.1 Å². The van der Waals surface area contributed by atoms with Gasteiger partial charge in [0.15, 0.2) is 5.13 Å². The Morgan fingerprint density at radius 2 is 2.46 bits per heavy atom. The number of aromatic nitrogens is 1. The maximum absolute atomic E-state index is 5.75. The number of likely N-dealkylation sites (tertiary alicyclic amines) is 1. The van der Waals surface area contributed by atoms with Crippen LogP contribution in [0.5, 0.6) is 0 Å². The van der Waals surface area contributed by atoms with Crippen LogP contribution in [0.2, 0.25) is 4.34 Å². The van der Waals surface area contributed by atoms with Gasteiger partial charge in [0.2, 0.25) is 0 Å². The summed E-state index contributed by atoms with van der Waals surface area (Å²) in [6, 6.07) is 0. The summed E-state index contributed by atoms with van der Waals surface area (Å²) in [7, 11) is 0. The van der Waals surface area contributed by atoms with Gasteiger partial charge in [0, 0.05) is 13.1 Å². The molecule has 3 nitrogen and oxygen atoms in total. The zero-order valence-electron chi connectivity index (χ0n) is 7.29. The van der Waals surface area contributed by atoms with Gasteiger partial charge in [-0.3, -0.25) is 0 Å². The molecule has 1 saturated heterocycles. The average molecular weight is 218 g/mol. The molecule has 0 unspecified atom stereocenters. The zero-order valence-corrected chi connectivity index (χ0v) is 8.87. The van der Waals surface area contributed by atoms with Crippen molar-refractivity contribution < 1.29 is 0 Å². The second kappa shape index (κ2) is 4.26. The molecular weight excluding hydrogens is 206 g/mol. The number of halogens is 1. The first-order chi connectivity index (χ1) is 6.34. The molecule has 0 spiro atoms. The summed E-state index contributed by atoms with van der Waals surface area (Å²) < 4.78 is 0.742. The minimum absolute atomic E-state index is 0.742. The van der Waals surface area contributed by atoms with Crippen LogP contribution in [-0.4, -0.2) is 36.1 Å². The van der Waals surface area contributed by atoms with Crippen molar-refractivity contribution in [2.45, 2.75) is 6.42 Å². The van der Waals surface area contributed by atoms with E-state index in [1.165, 1.54) is 30.8 Å². The van der Waals surface area contributed by atoms with Crippen LogP contribution in [0.15, 0.2) is 6.20 Å². The summed E-state index contributed by atoms with van der Waals surface area (Å²) in [6.45, 7) is 4.57. The van der Waals surface area contributed by atoms with Gasteiger partial charge in [-0.05, 0) is 19.5 Å². The molecule has 72 valence electrons. The minimum atomic E-state index is 0.742. The number of thiazole rings is 1. The van der Waals surface area contributed by atoms with Crippen LogP contribution in [0.4, 0.5) is 5.13 Å². The molecule has 1 aliphatic heterocycles. The lowest BCUT2D eigenvalue weighted by Gasteiger charge is -2.30. The quantitative estimate of drug-likeness (QED) is 0.835. The van der Waals surface area contributed by atoms with Gasteiger partial charge in [0.05, 0.1) is 6.20 Å². The number of nitrogens with zero attached hydrogens (tertiary/aromatic N) is 2. The van der Waals surface area contributed by atoms with Gasteiger partial charge in [0.25, 0.3) is 0 Å². The van der Waals surface area contributed by atoms with Gasteiger partial charge in [-0.25, -0.2) is 4.98 Å². The van der Waals surface area contributed by atoms with Crippen molar-refractivity contribution in [3.05, 3.63) is 10.5 Å². The molecule has 0 aliphatic carbocycles. The molecule has 0 bridgehead atoms. The largest absolute Gasteiger partial charge is 0.360 e. The maximum Gasteiger partial charge on any atom is 0.184 e. The van der Waals surface area contributed by atoms with E-state index in [1.807, 2.05) is 0 Å². The first-order valence-electron chi connectivity index (χ1n) is 4.42. The molecule has 0 saturated carbocycles. The van der Waals surface area contributed by atoms with Crippen molar-refractivity contribution in [1.82, 2.24) is 9.88 Å². The monoisotopic (exact) mass is 217 g/mol. The topological polar surface area (TPSA) is 28.2 Å². The van der Waals surface area contributed by atoms with Gasteiger partial charge in [-0.1, -0.05) is 22.9 Å². The van der Waals surface area contributed by atoms with Crippen LogP contribution in [0, 0.1) is 0 Å². The summed E-state index contributed by atoms with van der Waals surface area (Å²) in [5, 5.41) is 4.17. The Labute approximate surface area is 86.7 Å². The Morgan fingerprint density at radius 3 is 3.00 bits per heavy atom. The van der Waals surface area contributed by atoms with Crippen LogP contribution in [0.25, 0.3) is 0 Å². The molecule has 2 heterocycles. The molecule has 1 aliphatic rings. The normalized spacial score (nSPS) is 17.0. The Kier molecular flexibility index (Phi) is 3.03. The summed E-state index contributed by atoms with van der Waals surface area (Å²) in [5.41, 5.74) is 0. The summed E-state index contributed by atoms with van der Waals surface area (Å²) >= 11 is 7.24. The molecule has 1 aromatic heterocycles. The molecular formula is C8H12ClN3S. The number of hydrogen-bond acceptors (Lipinski definition) is 4. The summed E-state index contributed by atoms with van der Waals surface area (Å²) in [5.74, 6) is 0. The van der Waals surface area contributed by atoms with E-state index >= 15 is 0 Å². The first kappa shape index (κ1) is 9.24. The van der Waals surface area contributed by atoms with E-state index in [0.29, 0.717) is 0 Å².